The number of amides is 5. The van der Waals surface area contributed by atoms with Crippen molar-refractivity contribution in [1.29, 1.82) is 0 Å². The first-order chi connectivity index (χ1) is 45.2. The largest absolute Gasteiger partial charge is 0.394 e. The molecule has 548 valence electrons. The molecular formula is C63H109N5O27. The molecule has 0 aromatic rings. The molecule has 7 unspecified atom stereocenters. The van der Waals surface area contributed by atoms with Gasteiger partial charge in [-0.3, -0.25) is 43.2 Å². The lowest BCUT2D eigenvalue weighted by atomic mass is 9.82. The summed E-state index contributed by atoms with van der Waals surface area (Å²) in [5, 5.41) is 104. The average molecular weight is 1370 g/mol. The van der Waals surface area contributed by atoms with Crippen LogP contribution in [-0.2, 0) is 85.8 Å². The number of carbonyl (C=O) groups is 9. The lowest BCUT2D eigenvalue weighted by molar-refractivity contribution is -0.270. The molecule has 3 saturated heterocycles. The van der Waals surface area contributed by atoms with Crippen molar-refractivity contribution in [2.24, 2.45) is 11.3 Å². The molecule has 32 nitrogen and oxygen atoms in total. The summed E-state index contributed by atoms with van der Waals surface area (Å²) in [6.07, 6.45) is -10.8. The molecule has 3 aliphatic rings. The number of hydrogen-bond donors (Lipinski definition) is 14. The summed E-state index contributed by atoms with van der Waals surface area (Å²) in [5.41, 5.74) is -0.748. The summed E-state index contributed by atoms with van der Waals surface area (Å²) in [6, 6.07) is -3.40. The van der Waals surface area contributed by atoms with Crippen molar-refractivity contribution < 1.29 is 132 Å². The van der Waals surface area contributed by atoms with Crippen LogP contribution in [0.2, 0.25) is 0 Å². The van der Waals surface area contributed by atoms with Gasteiger partial charge in [-0.05, 0) is 50.9 Å². The van der Waals surface area contributed by atoms with E-state index >= 15 is 0 Å². The van der Waals surface area contributed by atoms with Crippen LogP contribution < -0.4 is 26.6 Å². The highest BCUT2D eigenvalue weighted by Gasteiger charge is 2.48. The van der Waals surface area contributed by atoms with Gasteiger partial charge in [0.1, 0.15) is 96.2 Å². The third kappa shape index (κ3) is 32.7. The molecule has 0 spiro atoms. The Bertz CT molecular complexity index is 2070. The molecular weight excluding hydrogens is 1260 g/mol. The highest BCUT2D eigenvalue weighted by Crippen LogP contribution is 2.30. The predicted molar refractivity (Wildman–Crippen MR) is 333 cm³/mol. The van der Waals surface area contributed by atoms with E-state index in [9.17, 15) is 89.1 Å². The van der Waals surface area contributed by atoms with E-state index in [-0.39, 0.29) is 171 Å². The number of carbonyl (C=O) groups excluding carboxylic acids is 9. The third-order valence-corrected chi connectivity index (χ3v) is 16.1. The maximum atomic E-state index is 13.0. The molecule has 14 N–H and O–H groups in total. The molecule has 0 aromatic heterocycles. The van der Waals surface area contributed by atoms with E-state index < -0.39 is 135 Å². The smallest absolute Gasteiger partial charge is 0.222 e. The average Bonchev–Trinajstić information content (AvgIpc) is 0.971. The van der Waals surface area contributed by atoms with Crippen molar-refractivity contribution in [1.82, 2.24) is 26.6 Å². The number of aliphatic hydroxyl groups excluding tert-OH is 9. The summed E-state index contributed by atoms with van der Waals surface area (Å²) in [6.45, 7) is 6.67. The Hall–Kier alpha value is -4.69. The molecule has 5 amide bonds. The van der Waals surface area contributed by atoms with Crippen LogP contribution in [0.25, 0.3) is 0 Å². The fourth-order valence-electron chi connectivity index (χ4n) is 11.1. The van der Waals surface area contributed by atoms with Crippen LogP contribution in [-0.4, -0.2) is 283 Å². The molecule has 0 aromatic carbocycles. The third-order valence-electron chi connectivity index (χ3n) is 16.1. The van der Waals surface area contributed by atoms with Crippen LogP contribution >= 0.6 is 0 Å². The molecule has 16 atom stereocenters. The van der Waals surface area contributed by atoms with Gasteiger partial charge in [-0.25, -0.2) is 0 Å². The summed E-state index contributed by atoms with van der Waals surface area (Å²) in [7, 11) is 0. The van der Waals surface area contributed by atoms with Gasteiger partial charge in [0.2, 0.25) is 29.5 Å². The minimum atomic E-state index is -1.49. The predicted octanol–water partition coefficient (Wildman–Crippen LogP) is -2.91. The van der Waals surface area contributed by atoms with Gasteiger partial charge < -0.3 is 115 Å². The van der Waals surface area contributed by atoms with E-state index in [1.807, 2.05) is 13.8 Å². The minimum Gasteiger partial charge on any atom is -0.394 e. The van der Waals surface area contributed by atoms with Crippen molar-refractivity contribution in [3.05, 3.63) is 0 Å². The maximum absolute atomic E-state index is 13.0. The highest BCUT2D eigenvalue weighted by molar-refractivity contribution is 5.80. The van der Waals surface area contributed by atoms with Crippen LogP contribution in [0, 0.1) is 11.3 Å². The van der Waals surface area contributed by atoms with Crippen molar-refractivity contribution >= 4 is 52.7 Å². The van der Waals surface area contributed by atoms with Gasteiger partial charge in [0.15, 0.2) is 18.9 Å². The van der Waals surface area contributed by atoms with Crippen LogP contribution in [0.3, 0.4) is 0 Å². The highest BCUT2D eigenvalue weighted by atomic mass is 16.7. The van der Waals surface area contributed by atoms with Crippen molar-refractivity contribution in [3.63, 3.8) is 0 Å². The molecule has 0 bridgehead atoms. The van der Waals surface area contributed by atoms with Crippen LogP contribution in [0.5, 0.6) is 0 Å². The van der Waals surface area contributed by atoms with Crippen LogP contribution in [0.4, 0.5) is 0 Å². The Balaban J connectivity index is 1.44. The van der Waals surface area contributed by atoms with E-state index in [1.54, 1.807) is 0 Å². The zero-order chi connectivity index (χ0) is 70.5. The second kappa shape index (κ2) is 46.6. The molecule has 3 aliphatic heterocycles. The molecule has 3 heterocycles. The first-order valence-electron chi connectivity index (χ1n) is 33.1. The zero-order valence-electron chi connectivity index (χ0n) is 55.7. The normalized spacial score (nSPS) is 26.7. The Morgan fingerprint density at radius 2 is 0.674 bits per heavy atom. The topological polar surface area (TPSA) is 479 Å². The van der Waals surface area contributed by atoms with Crippen LogP contribution in [0.1, 0.15) is 150 Å². The van der Waals surface area contributed by atoms with Gasteiger partial charge in [-0.1, -0.05) is 20.3 Å². The number of ketones is 4. The maximum Gasteiger partial charge on any atom is 0.222 e. The molecule has 32 heteroatoms. The molecule has 3 rings (SSSR count). The molecule has 0 aliphatic carbocycles. The van der Waals surface area contributed by atoms with Crippen molar-refractivity contribution in [2.45, 2.75) is 242 Å². The fraction of sp³-hybridized carbons (Fsp3) is 0.857. The van der Waals surface area contributed by atoms with Gasteiger partial charge in [0.25, 0.3) is 0 Å². The summed E-state index contributed by atoms with van der Waals surface area (Å²) < 4.78 is 51.9. The van der Waals surface area contributed by atoms with Gasteiger partial charge in [-0.15, -0.1) is 0 Å². The van der Waals surface area contributed by atoms with E-state index in [0.717, 1.165) is 0 Å². The molecule has 3 fully saturated rings. The Morgan fingerprint density at radius 3 is 0.979 bits per heavy atom. The Morgan fingerprint density at radius 1 is 0.389 bits per heavy atom. The lowest BCUT2D eigenvalue weighted by Gasteiger charge is -2.42. The number of hydrogen-bond acceptors (Lipinski definition) is 27. The molecule has 95 heavy (non-hydrogen) atoms. The summed E-state index contributed by atoms with van der Waals surface area (Å²) in [5.74, 6) is -2.39. The minimum absolute atomic E-state index is 0.00695. The molecule has 0 radical (unpaired) electrons. The SMILES string of the molecule is CC(=O)N[C@H]1C(O)[C@@H](O)C(CO)O[C@H]1OCCC(=O)CCCCCC(=O)CCOCC(COCCC(=O)CCCCNC(=O)CCO[C@@H]1OC(CO)[C@H](O)C(O)[C@@H]1NC(C)=O)(COCCC(=O)NCCCCC(=O)CCO[C@@H]1OC(CO)[C@H](O)C(O)[C@@H]1NC(C)=O)CC(C)C. The summed E-state index contributed by atoms with van der Waals surface area (Å²) in [4.78, 5) is 112. The van der Waals surface area contributed by atoms with Gasteiger partial charge >= 0.3 is 0 Å². The summed E-state index contributed by atoms with van der Waals surface area (Å²) >= 11 is 0. The van der Waals surface area contributed by atoms with Crippen molar-refractivity contribution in [2.75, 3.05) is 92.4 Å². The quantitative estimate of drug-likeness (QED) is 0.0272. The number of ether oxygens (including phenoxy) is 9. The lowest BCUT2D eigenvalue weighted by Crippen LogP contribution is -2.64. The van der Waals surface area contributed by atoms with E-state index in [0.29, 0.717) is 57.9 Å². The first-order valence-corrected chi connectivity index (χ1v) is 33.1. The second-order valence-electron chi connectivity index (χ2n) is 25.0. The number of rotatable bonds is 51. The zero-order valence-corrected chi connectivity index (χ0v) is 55.7. The monoisotopic (exact) mass is 1370 g/mol. The second-order valence-corrected chi connectivity index (χ2v) is 25.0. The van der Waals surface area contributed by atoms with Gasteiger partial charge in [0, 0.05) is 97.1 Å². The van der Waals surface area contributed by atoms with Gasteiger partial charge in [-0.2, -0.15) is 0 Å². The van der Waals surface area contributed by atoms with Crippen molar-refractivity contribution in [3.8, 4) is 0 Å². The Kier molecular flexibility index (Phi) is 41.4. The fourth-order valence-corrected chi connectivity index (χ4v) is 11.1. The number of nitrogens with one attached hydrogen (secondary N) is 5. The van der Waals surface area contributed by atoms with Crippen LogP contribution in [0.15, 0.2) is 0 Å². The number of unbranched alkanes of at least 4 members (excludes halogenated alkanes) is 4. The molecule has 0 saturated carbocycles. The number of aliphatic hydroxyl groups is 9. The van der Waals surface area contributed by atoms with E-state index in [1.165, 1.54) is 20.8 Å². The van der Waals surface area contributed by atoms with E-state index in [4.69, 9.17) is 42.6 Å². The first kappa shape index (κ1) is 84.5. The number of Topliss-reactive ketones (excluding diaryl/α,β-unsaturated/α-hetero) is 4. The van der Waals surface area contributed by atoms with Gasteiger partial charge in [0.05, 0.1) is 85.7 Å². The standard InChI is InChI=1S/C63H109N5O27/c1-38(2)31-63(35-87-25-17-42(75)13-7-6-8-14-44(77)19-28-90-60-51(66-39(3)72)57(84)54(81)46(32-69)93-60,36-88-26-18-43(76)15-9-11-24-65-50(80)22-30-92-62-53(68-41(5)74)59(86)56(83)48(34-71)95-62)37-89-27-21-49(79)64-23-12-10-16-45(78)20-29-91-61-52(67-40(4)73)58(85)55(82)47(33-70)94-61/h38,46-48,51-62,69-71,81-86H,6-37H2,1-5H3,(H,64,79)(H,65,80)(H,66,72)(H,67,73)(H,68,74)/t46?,47?,48?,51-,52-,53-,54-,55-,56-,57?,58?,59?,60+,61+,62+,63?/m0/s1. The van der Waals surface area contributed by atoms with E-state index in [2.05, 4.69) is 26.6 Å². The Labute approximate surface area is 555 Å².